The average Bonchev–Trinajstić information content (AvgIpc) is 2.49. The predicted octanol–water partition coefficient (Wildman–Crippen LogP) is 3.20. The lowest BCUT2D eigenvalue weighted by Gasteiger charge is -2.31. The summed E-state index contributed by atoms with van der Waals surface area (Å²) in [6, 6.07) is 5.57. The van der Waals surface area contributed by atoms with Crippen LogP contribution >= 0.6 is 31.9 Å². The normalized spacial score (nSPS) is 15.9. The molecule has 2 amide bonds. The van der Waals surface area contributed by atoms with Crippen LogP contribution in [0.1, 0.15) is 30.1 Å². The number of piperidine rings is 1. The number of hydrogen-bond acceptors (Lipinski definition) is 2. The molecule has 1 fully saturated rings. The second kappa shape index (κ2) is 7.40. The first-order chi connectivity index (χ1) is 10.0. The smallest absolute Gasteiger partial charge is 0.255 e. The van der Waals surface area contributed by atoms with Gasteiger partial charge >= 0.3 is 0 Å². The molecule has 1 aromatic rings. The van der Waals surface area contributed by atoms with Gasteiger partial charge in [-0.15, -0.1) is 0 Å². The van der Waals surface area contributed by atoms with Crippen LogP contribution in [0.4, 0.5) is 0 Å². The summed E-state index contributed by atoms with van der Waals surface area (Å²) in [5.74, 6) is 0.144. The maximum atomic E-state index is 12.5. The predicted molar refractivity (Wildman–Crippen MR) is 89.2 cm³/mol. The number of hydrogen-bond donors (Lipinski definition) is 1. The minimum atomic E-state index is 0.0116. The molecular formula is C15H18Br2N2O2. The van der Waals surface area contributed by atoms with E-state index in [4.69, 9.17) is 0 Å². The van der Waals surface area contributed by atoms with Crippen LogP contribution < -0.4 is 5.32 Å². The van der Waals surface area contributed by atoms with Crippen molar-refractivity contribution in [2.75, 3.05) is 19.6 Å². The SMILES string of the molecule is CCNC(=O)C1CCN(C(=O)c2cc(Br)ccc2Br)CC1. The Morgan fingerprint density at radius 1 is 1.29 bits per heavy atom. The van der Waals surface area contributed by atoms with E-state index in [1.807, 2.05) is 30.0 Å². The largest absolute Gasteiger partial charge is 0.356 e. The third-order valence-electron chi connectivity index (χ3n) is 3.66. The van der Waals surface area contributed by atoms with E-state index in [1.54, 1.807) is 0 Å². The summed E-state index contributed by atoms with van der Waals surface area (Å²) in [4.78, 5) is 26.2. The van der Waals surface area contributed by atoms with Gasteiger partial charge in [0.25, 0.3) is 5.91 Å². The Morgan fingerprint density at radius 2 is 1.95 bits per heavy atom. The Balaban J connectivity index is 2.00. The van der Waals surface area contributed by atoms with Crippen LogP contribution in [0.3, 0.4) is 0 Å². The fraction of sp³-hybridized carbons (Fsp3) is 0.467. The van der Waals surface area contributed by atoms with E-state index in [9.17, 15) is 9.59 Å². The summed E-state index contributed by atoms with van der Waals surface area (Å²) >= 11 is 6.81. The molecule has 1 aliphatic heterocycles. The highest BCUT2D eigenvalue weighted by Crippen LogP contribution is 2.25. The summed E-state index contributed by atoms with van der Waals surface area (Å²) in [5, 5.41) is 2.85. The maximum Gasteiger partial charge on any atom is 0.255 e. The first-order valence-corrected chi connectivity index (χ1v) is 8.63. The number of rotatable bonds is 3. The molecule has 1 aromatic carbocycles. The fourth-order valence-corrected chi connectivity index (χ4v) is 3.27. The maximum absolute atomic E-state index is 12.5. The van der Waals surface area contributed by atoms with Gasteiger partial charge in [-0.05, 0) is 53.9 Å². The summed E-state index contributed by atoms with van der Waals surface area (Å²) in [7, 11) is 0. The van der Waals surface area contributed by atoms with Gasteiger partial charge in [0, 0.05) is 34.5 Å². The lowest BCUT2D eigenvalue weighted by Crippen LogP contribution is -2.43. The van der Waals surface area contributed by atoms with Crippen molar-refractivity contribution in [3.05, 3.63) is 32.7 Å². The molecule has 114 valence electrons. The number of halogens is 2. The Bertz CT molecular complexity index is 540. The van der Waals surface area contributed by atoms with Crippen molar-refractivity contribution < 1.29 is 9.59 Å². The highest BCUT2D eigenvalue weighted by Gasteiger charge is 2.28. The van der Waals surface area contributed by atoms with E-state index in [0.29, 0.717) is 25.2 Å². The van der Waals surface area contributed by atoms with E-state index >= 15 is 0 Å². The molecule has 6 heteroatoms. The van der Waals surface area contributed by atoms with Gasteiger partial charge in [0.15, 0.2) is 0 Å². The average molecular weight is 418 g/mol. The monoisotopic (exact) mass is 416 g/mol. The minimum absolute atomic E-state index is 0.0116. The zero-order valence-corrected chi connectivity index (χ0v) is 15.0. The molecule has 0 bridgehead atoms. The number of nitrogens with one attached hydrogen (secondary N) is 1. The number of carbonyl (C=O) groups excluding carboxylic acids is 2. The molecule has 0 atom stereocenters. The van der Waals surface area contributed by atoms with Gasteiger partial charge in [-0.25, -0.2) is 0 Å². The number of benzene rings is 1. The van der Waals surface area contributed by atoms with Crippen molar-refractivity contribution in [3.63, 3.8) is 0 Å². The summed E-state index contributed by atoms with van der Waals surface area (Å²) < 4.78 is 1.67. The quantitative estimate of drug-likeness (QED) is 0.820. The van der Waals surface area contributed by atoms with Crippen molar-refractivity contribution in [2.24, 2.45) is 5.92 Å². The number of amides is 2. The van der Waals surface area contributed by atoms with Crippen molar-refractivity contribution in [3.8, 4) is 0 Å². The summed E-state index contributed by atoms with van der Waals surface area (Å²) in [5.41, 5.74) is 0.654. The van der Waals surface area contributed by atoms with Gasteiger partial charge in [0.1, 0.15) is 0 Å². The second-order valence-electron chi connectivity index (χ2n) is 5.09. The van der Waals surface area contributed by atoms with Gasteiger partial charge in [-0.3, -0.25) is 9.59 Å². The molecule has 0 unspecified atom stereocenters. The van der Waals surface area contributed by atoms with E-state index in [-0.39, 0.29) is 17.7 Å². The van der Waals surface area contributed by atoms with Crippen LogP contribution in [-0.2, 0) is 4.79 Å². The number of nitrogens with zero attached hydrogens (tertiary/aromatic N) is 1. The van der Waals surface area contributed by atoms with E-state index < -0.39 is 0 Å². The van der Waals surface area contributed by atoms with Crippen LogP contribution in [0.25, 0.3) is 0 Å². The van der Waals surface area contributed by atoms with Crippen LogP contribution in [0.15, 0.2) is 27.1 Å². The lowest BCUT2D eigenvalue weighted by molar-refractivity contribution is -0.126. The topological polar surface area (TPSA) is 49.4 Å². The third kappa shape index (κ3) is 4.07. The Kier molecular flexibility index (Phi) is 5.81. The molecule has 1 saturated heterocycles. The Labute approximate surface area is 141 Å². The molecule has 21 heavy (non-hydrogen) atoms. The van der Waals surface area contributed by atoms with Gasteiger partial charge < -0.3 is 10.2 Å². The molecule has 0 aliphatic carbocycles. The van der Waals surface area contributed by atoms with E-state index in [1.165, 1.54) is 0 Å². The molecule has 2 rings (SSSR count). The molecule has 0 saturated carbocycles. The molecular weight excluding hydrogens is 400 g/mol. The lowest BCUT2D eigenvalue weighted by atomic mass is 9.95. The summed E-state index contributed by atoms with van der Waals surface area (Å²) in [6.07, 6.45) is 1.45. The second-order valence-corrected chi connectivity index (χ2v) is 6.86. The van der Waals surface area contributed by atoms with Crippen LogP contribution in [0.2, 0.25) is 0 Å². The summed E-state index contributed by atoms with van der Waals surface area (Å²) in [6.45, 7) is 3.82. The molecule has 1 aliphatic rings. The zero-order valence-electron chi connectivity index (χ0n) is 11.9. The van der Waals surface area contributed by atoms with Crippen LogP contribution in [0.5, 0.6) is 0 Å². The van der Waals surface area contributed by atoms with Crippen molar-refractivity contribution >= 4 is 43.7 Å². The highest BCUT2D eigenvalue weighted by molar-refractivity contribution is 9.11. The third-order valence-corrected chi connectivity index (χ3v) is 4.85. The molecule has 4 nitrogen and oxygen atoms in total. The molecule has 0 radical (unpaired) electrons. The Morgan fingerprint density at radius 3 is 2.57 bits per heavy atom. The number of carbonyl (C=O) groups is 2. The molecule has 0 aromatic heterocycles. The van der Waals surface area contributed by atoms with Crippen molar-refractivity contribution in [1.29, 1.82) is 0 Å². The first kappa shape index (κ1) is 16.5. The fourth-order valence-electron chi connectivity index (χ4n) is 2.50. The van der Waals surface area contributed by atoms with Crippen LogP contribution in [0, 0.1) is 5.92 Å². The van der Waals surface area contributed by atoms with E-state index in [0.717, 1.165) is 21.8 Å². The van der Waals surface area contributed by atoms with Gasteiger partial charge in [-0.2, -0.15) is 0 Å². The van der Waals surface area contributed by atoms with Crippen molar-refractivity contribution in [1.82, 2.24) is 10.2 Å². The molecule has 1 heterocycles. The Hall–Kier alpha value is -0.880. The van der Waals surface area contributed by atoms with Gasteiger partial charge in [-0.1, -0.05) is 15.9 Å². The first-order valence-electron chi connectivity index (χ1n) is 7.05. The van der Waals surface area contributed by atoms with Crippen LogP contribution in [-0.4, -0.2) is 36.3 Å². The van der Waals surface area contributed by atoms with Gasteiger partial charge in [0.2, 0.25) is 5.91 Å². The zero-order chi connectivity index (χ0) is 15.4. The molecule has 0 spiro atoms. The van der Waals surface area contributed by atoms with Crippen molar-refractivity contribution in [2.45, 2.75) is 19.8 Å². The standard InChI is InChI=1S/C15H18Br2N2O2/c1-2-18-14(20)10-5-7-19(8-6-10)15(21)12-9-11(16)3-4-13(12)17/h3-4,9-10H,2,5-8H2,1H3,(H,18,20). The van der Waals surface area contributed by atoms with E-state index in [2.05, 4.69) is 37.2 Å². The minimum Gasteiger partial charge on any atom is -0.356 e. The number of likely N-dealkylation sites (tertiary alicyclic amines) is 1. The highest BCUT2D eigenvalue weighted by atomic mass is 79.9. The van der Waals surface area contributed by atoms with Gasteiger partial charge in [0.05, 0.1) is 5.56 Å². The molecule has 1 N–H and O–H groups in total.